The second kappa shape index (κ2) is 8.46. The summed E-state index contributed by atoms with van der Waals surface area (Å²) in [4.78, 5) is 17.8. The van der Waals surface area contributed by atoms with Gasteiger partial charge in [0.2, 0.25) is 10.0 Å². The van der Waals surface area contributed by atoms with Gasteiger partial charge in [-0.2, -0.15) is 0 Å². The van der Waals surface area contributed by atoms with E-state index in [0.29, 0.717) is 38.8 Å². The molecule has 2 aliphatic rings. The van der Waals surface area contributed by atoms with Crippen LogP contribution in [0, 0.1) is 5.92 Å². The normalized spacial score (nSPS) is 20.5. The standard InChI is InChI=1S/C22H32N2O3S/c1-4-5-14-28(26,27)24-12-10-17(11-13-24)21(25)15-20-19-9-7-6-8-18(19)16-22(2,3)23-20/h6-9,17H,4-5,10-16H2,1-3H3. The SMILES string of the molecule is CCCCS(=O)(=O)N1CCC(C(=O)CC2=NC(C)(C)Cc3ccccc32)CC1. The highest BCUT2D eigenvalue weighted by atomic mass is 32.2. The molecule has 1 aromatic rings. The van der Waals surface area contributed by atoms with Gasteiger partial charge < -0.3 is 0 Å². The fraction of sp³-hybridized carbons (Fsp3) is 0.636. The zero-order chi connectivity index (χ0) is 20.4. The second-order valence-corrected chi connectivity index (χ2v) is 10.8. The summed E-state index contributed by atoms with van der Waals surface area (Å²) in [5.41, 5.74) is 3.03. The van der Waals surface area contributed by atoms with Crippen molar-refractivity contribution < 1.29 is 13.2 Å². The molecule has 0 spiro atoms. The molecule has 1 fully saturated rings. The van der Waals surface area contributed by atoms with E-state index in [1.165, 1.54) is 5.56 Å². The van der Waals surface area contributed by atoms with Crippen LogP contribution in [0.25, 0.3) is 0 Å². The molecule has 0 aromatic heterocycles. The van der Waals surface area contributed by atoms with Crippen LogP contribution in [0.1, 0.15) is 64.0 Å². The third kappa shape index (κ3) is 4.90. The van der Waals surface area contributed by atoms with Crippen molar-refractivity contribution in [3.63, 3.8) is 0 Å². The van der Waals surface area contributed by atoms with Crippen LogP contribution < -0.4 is 0 Å². The third-order valence-electron chi connectivity index (χ3n) is 5.79. The maximum Gasteiger partial charge on any atom is 0.214 e. The van der Waals surface area contributed by atoms with Gasteiger partial charge in [0.05, 0.1) is 17.0 Å². The Balaban J connectivity index is 1.64. The van der Waals surface area contributed by atoms with Gasteiger partial charge in [0.15, 0.2) is 0 Å². The summed E-state index contributed by atoms with van der Waals surface area (Å²) in [6, 6.07) is 8.21. The summed E-state index contributed by atoms with van der Waals surface area (Å²) < 4.78 is 26.3. The van der Waals surface area contributed by atoms with Crippen LogP contribution in [0.3, 0.4) is 0 Å². The first-order valence-corrected chi connectivity index (χ1v) is 12.0. The van der Waals surface area contributed by atoms with Gasteiger partial charge in [-0.25, -0.2) is 12.7 Å². The fourth-order valence-corrected chi connectivity index (χ4v) is 5.92. The van der Waals surface area contributed by atoms with Crippen molar-refractivity contribution in [3.05, 3.63) is 35.4 Å². The molecule has 0 saturated carbocycles. The lowest BCUT2D eigenvalue weighted by atomic mass is 9.83. The average Bonchev–Trinajstić information content (AvgIpc) is 2.65. The van der Waals surface area contributed by atoms with E-state index >= 15 is 0 Å². The van der Waals surface area contributed by atoms with E-state index < -0.39 is 10.0 Å². The molecule has 28 heavy (non-hydrogen) atoms. The second-order valence-electron chi connectivity index (χ2n) is 8.69. The lowest BCUT2D eigenvalue weighted by Gasteiger charge is -2.32. The fourth-order valence-electron chi connectivity index (χ4n) is 4.24. The highest BCUT2D eigenvalue weighted by Gasteiger charge is 2.33. The molecule has 0 unspecified atom stereocenters. The van der Waals surface area contributed by atoms with Gasteiger partial charge in [-0.15, -0.1) is 0 Å². The first-order chi connectivity index (χ1) is 13.2. The Morgan fingerprint density at radius 1 is 1.21 bits per heavy atom. The van der Waals surface area contributed by atoms with E-state index in [9.17, 15) is 13.2 Å². The molecule has 6 heteroatoms. The predicted molar refractivity (Wildman–Crippen MR) is 113 cm³/mol. The molecule has 0 aliphatic carbocycles. The zero-order valence-electron chi connectivity index (χ0n) is 17.3. The van der Waals surface area contributed by atoms with Crippen molar-refractivity contribution in [2.75, 3.05) is 18.8 Å². The van der Waals surface area contributed by atoms with Crippen molar-refractivity contribution in [3.8, 4) is 0 Å². The molecule has 2 heterocycles. The van der Waals surface area contributed by atoms with Crippen molar-refractivity contribution in [1.82, 2.24) is 4.31 Å². The van der Waals surface area contributed by atoms with Gasteiger partial charge >= 0.3 is 0 Å². The van der Waals surface area contributed by atoms with Crippen LogP contribution in [0.2, 0.25) is 0 Å². The first-order valence-electron chi connectivity index (χ1n) is 10.4. The summed E-state index contributed by atoms with van der Waals surface area (Å²) in [7, 11) is -3.18. The van der Waals surface area contributed by atoms with Crippen LogP contribution in [-0.4, -0.2) is 48.6 Å². The molecule has 0 atom stereocenters. The number of unbranched alkanes of at least 4 members (excludes halogenated alkanes) is 1. The van der Waals surface area contributed by atoms with Crippen LogP contribution in [0.15, 0.2) is 29.3 Å². The number of carbonyl (C=O) groups excluding carboxylic acids is 1. The number of fused-ring (bicyclic) bond motifs is 1. The van der Waals surface area contributed by atoms with Crippen LogP contribution in [0.5, 0.6) is 0 Å². The van der Waals surface area contributed by atoms with Gasteiger partial charge in [0.1, 0.15) is 5.78 Å². The molecule has 3 rings (SSSR count). The average molecular weight is 405 g/mol. The van der Waals surface area contributed by atoms with E-state index in [2.05, 4.69) is 26.0 Å². The Labute approximate surface area is 169 Å². The van der Waals surface area contributed by atoms with E-state index in [0.717, 1.165) is 24.1 Å². The molecule has 1 aromatic carbocycles. The number of carbonyl (C=O) groups is 1. The number of sulfonamides is 1. The third-order valence-corrected chi connectivity index (χ3v) is 7.75. The Bertz CT molecular complexity index is 850. The van der Waals surface area contributed by atoms with Gasteiger partial charge in [-0.3, -0.25) is 9.79 Å². The van der Waals surface area contributed by atoms with Gasteiger partial charge in [0, 0.05) is 25.4 Å². The maximum atomic E-state index is 13.0. The van der Waals surface area contributed by atoms with Crippen molar-refractivity contribution in [2.45, 2.75) is 64.8 Å². The monoisotopic (exact) mass is 404 g/mol. The smallest absolute Gasteiger partial charge is 0.214 e. The summed E-state index contributed by atoms with van der Waals surface area (Å²) >= 11 is 0. The maximum absolute atomic E-state index is 13.0. The minimum absolute atomic E-state index is 0.0717. The lowest BCUT2D eigenvalue weighted by Crippen LogP contribution is -2.41. The van der Waals surface area contributed by atoms with Gasteiger partial charge in [-0.1, -0.05) is 37.6 Å². The zero-order valence-corrected chi connectivity index (χ0v) is 18.1. The topological polar surface area (TPSA) is 66.8 Å². The highest BCUT2D eigenvalue weighted by Crippen LogP contribution is 2.29. The van der Waals surface area contributed by atoms with Crippen LogP contribution in [-0.2, 0) is 21.2 Å². The summed E-state index contributed by atoms with van der Waals surface area (Å²) in [5, 5.41) is 0. The Kier molecular flexibility index (Phi) is 6.40. The number of nitrogens with zero attached hydrogens (tertiary/aromatic N) is 2. The molecule has 2 aliphatic heterocycles. The highest BCUT2D eigenvalue weighted by molar-refractivity contribution is 7.89. The molecular weight excluding hydrogens is 372 g/mol. The molecule has 154 valence electrons. The van der Waals surface area contributed by atoms with E-state index in [4.69, 9.17) is 4.99 Å². The number of rotatable bonds is 7. The van der Waals surface area contributed by atoms with Crippen molar-refractivity contribution in [2.24, 2.45) is 10.9 Å². The molecule has 1 saturated heterocycles. The molecule has 0 bridgehead atoms. The van der Waals surface area contributed by atoms with Gasteiger partial charge in [0.25, 0.3) is 0 Å². The van der Waals surface area contributed by atoms with Gasteiger partial charge in [-0.05, 0) is 50.7 Å². The quantitative estimate of drug-likeness (QED) is 0.697. The lowest BCUT2D eigenvalue weighted by molar-refractivity contribution is -0.122. The van der Waals surface area contributed by atoms with E-state index in [-0.39, 0.29) is 23.0 Å². The number of ketones is 1. The number of piperidine rings is 1. The molecule has 0 amide bonds. The molecule has 5 nitrogen and oxygen atoms in total. The largest absolute Gasteiger partial charge is 0.299 e. The van der Waals surface area contributed by atoms with Crippen LogP contribution in [0.4, 0.5) is 0 Å². The van der Waals surface area contributed by atoms with Crippen molar-refractivity contribution in [1.29, 1.82) is 0 Å². The Hall–Kier alpha value is -1.53. The minimum Gasteiger partial charge on any atom is -0.299 e. The Morgan fingerprint density at radius 2 is 1.89 bits per heavy atom. The number of benzene rings is 1. The molecule has 0 N–H and O–H groups in total. The minimum atomic E-state index is -3.18. The van der Waals surface area contributed by atoms with E-state index in [1.54, 1.807) is 4.31 Å². The number of aliphatic imine (C=N–C) groups is 1. The number of hydrogen-bond donors (Lipinski definition) is 0. The molecular formula is C22H32N2O3S. The Morgan fingerprint density at radius 3 is 2.57 bits per heavy atom. The first kappa shape index (κ1) is 21.2. The predicted octanol–water partition coefficient (Wildman–Crippen LogP) is 3.61. The summed E-state index contributed by atoms with van der Waals surface area (Å²) in [6.45, 7) is 7.11. The number of Topliss-reactive ketones (excluding diaryl/α,β-unsaturated/α-hetero) is 1. The summed E-state index contributed by atoms with van der Waals surface area (Å²) in [5.74, 6) is 0.333. The molecule has 0 radical (unpaired) electrons. The summed E-state index contributed by atoms with van der Waals surface area (Å²) in [6.07, 6.45) is 4.01. The number of hydrogen-bond acceptors (Lipinski definition) is 4. The van der Waals surface area contributed by atoms with E-state index in [1.807, 2.05) is 19.1 Å². The van der Waals surface area contributed by atoms with Crippen molar-refractivity contribution >= 4 is 21.5 Å². The van der Waals surface area contributed by atoms with Crippen LogP contribution >= 0.6 is 0 Å².